The number of halogens is 1. The zero-order chi connectivity index (χ0) is 20.7. The van der Waals surface area contributed by atoms with Crippen LogP contribution in [0.1, 0.15) is 23.1 Å². The summed E-state index contributed by atoms with van der Waals surface area (Å²) in [5, 5.41) is 4.64. The largest absolute Gasteiger partial charge is 0.382 e. The number of aromatic nitrogens is 1. The Labute approximate surface area is 176 Å². The monoisotopic (exact) mass is 406 g/mol. The first kappa shape index (κ1) is 19.3. The Morgan fingerprint density at radius 1 is 1.17 bits per heavy atom. The predicted molar refractivity (Wildman–Crippen MR) is 118 cm³/mol. The molecule has 3 aromatic rings. The van der Waals surface area contributed by atoms with Crippen LogP contribution in [0, 0.1) is 12.7 Å². The molecule has 0 saturated carbocycles. The zero-order valence-electron chi connectivity index (χ0n) is 17.2. The lowest BCUT2D eigenvalue weighted by Gasteiger charge is -2.38. The number of ether oxygens (including phenoxy) is 1. The smallest absolute Gasteiger partial charge is 0.131 e. The van der Waals surface area contributed by atoms with Crippen LogP contribution in [-0.4, -0.2) is 36.8 Å². The quantitative estimate of drug-likeness (QED) is 0.691. The highest BCUT2D eigenvalue weighted by Gasteiger charge is 2.34. The van der Waals surface area contributed by atoms with Crippen LogP contribution in [0.25, 0.3) is 10.9 Å². The molecule has 0 unspecified atom stereocenters. The molecular weight excluding hydrogens is 379 g/mol. The number of hydrogen-bond donors (Lipinski definition) is 2. The number of benzene rings is 2. The maximum atomic E-state index is 13.9. The van der Waals surface area contributed by atoms with Crippen molar-refractivity contribution in [3.8, 4) is 0 Å². The van der Waals surface area contributed by atoms with Gasteiger partial charge in [-0.1, -0.05) is 17.7 Å². The molecule has 156 valence electrons. The van der Waals surface area contributed by atoms with Crippen LogP contribution in [0.15, 0.2) is 42.5 Å². The lowest BCUT2D eigenvalue weighted by atomic mass is 9.99. The highest BCUT2D eigenvalue weighted by atomic mass is 19.1. The van der Waals surface area contributed by atoms with Gasteiger partial charge in [-0.05, 0) is 55.2 Å². The van der Waals surface area contributed by atoms with Gasteiger partial charge in [-0.15, -0.1) is 0 Å². The maximum absolute atomic E-state index is 13.9. The number of nitrogens with zero attached hydrogens (tertiary/aromatic N) is 2. The molecular formula is C24H27FN4O. The van der Waals surface area contributed by atoms with Crippen molar-refractivity contribution >= 4 is 22.4 Å². The van der Waals surface area contributed by atoms with Gasteiger partial charge in [-0.2, -0.15) is 0 Å². The van der Waals surface area contributed by atoms with Gasteiger partial charge in [-0.25, -0.2) is 9.37 Å². The third-order valence-electron chi connectivity index (χ3n) is 6.09. The van der Waals surface area contributed by atoms with Crippen LogP contribution in [0.3, 0.4) is 0 Å². The van der Waals surface area contributed by atoms with E-state index in [-0.39, 0.29) is 11.4 Å². The molecule has 1 fully saturated rings. The third-order valence-corrected chi connectivity index (χ3v) is 6.09. The SMILES string of the molecule is Cc1ccc2nc(N3CCCc4ccc(F)cc4C3)cc(NCC3(N)COC3)c2c1. The molecule has 0 atom stereocenters. The van der Waals surface area contributed by atoms with E-state index < -0.39 is 0 Å². The van der Waals surface area contributed by atoms with E-state index in [2.05, 4.69) is 41.4 Å². The molecule has 30 heavy (non-hydrogen) atoms. The third kappa shape index (κ3) is 3.73. The fourth-order valence-electron chi connectivity index (χ4n) is 4.30. The summed E-state index contributed by atoms with van der Waals surface area (Å²) >= 11 is 0. The summed E-state index contributed by atoms with van der Waals surface area (Å²) in [4.78, 5) is 7.20. The zero-order valence-corrected chi connectivity index (χ0v) is 17.2. The lowest BCUT2D eigenvalue weighted by molar-refractivity contribution is -0.0461. The van der Waals surface area contributed by atoms with E-state index >= 15 is 0 Å². The fourth-order valence-corrected chi connectivity index (χ4v) is 4.30. The molecule has 0 amide bonds. The van der Waals surface area contributed by atoms with Crippen molar-refractivity contribution in [2.45, 2.75) is 31.8 Å². The lowest BCUT2D eigenvalue weighted by Crippen LogP contribution is -2.61. The first-order valence-corrected chi connectivity index (χ1v) is 10.5. The van der Waals surface area contributed by atoms with Gasteiger partial charge in [-0.3, -0.25) is 0 Å². The first-order valence-electron chi connectivity index (χ1n) is 10.5. The Hall–Kier alpha value is -2.70. The molecule has 0 aliphatic carbocycles. The number of fused-ring (bicyclic) bond motifs is 2. The van der Waals surface area contributed by atoms with Gasteiger partial charge in [0.1, 0.15) is 11.6 Å². The predicted octanol–water partition coefficient (Wildman–Crippen LogP) is 3.77. The van der Waals surface area contributed by atoms with Gasteiger partial charge in [0.15, 0.2) is 0 Å². The van der Waals surface area contributed by atoms with Gasteiger partial charge >= 0.3 is 0 Å². The molecule has 2 aromatic carbocycles. The van der Waals surface area contributed by atoms with Crippen molar-refractivity contribution in [2.75, 3.05) is 36.5 Å². The number of anilines is 2. The van der Waals surface area contributed by atoms with Crippen molar-refractivity contribution in [1.82, 2.24) is 4.98 Å². The molecule has 0 bridgehead atoms. The van der Waals surface area contributed by atoms with Crippen molar-refractivity contribution in [3.63, 3.8) is 0 Å². The van der Waals surface area contributed by atoms with Crippen LogP contribution >= 0.6 is 0 Å². The summed E-state index contributed by atoms with van der Waals surface area (Å²) in [6.45, 7) is 5.42. The van der Waals surface area contributed by atoms with E-state index in [1.165, 1.54) is 11.1 Å². The molecule has 1 saturated heterocycles. The van der Waals surface area contributed by atoms with E-state index in [1.54, 1.807) is 12.1 Å². The summed E-state index contributed by atoms with van der Waals surface area (Å²) in [6, 6.07) is 13.5. The Morgan fingerprint density at radius 2 is 2.03 bits per heavy atom. The molecule has 0 radical (unpaired) electrons. The number of hydrogen-bond acceptors (Lipinski definition) is 5. The van der Waals surface area contributed by atoms with Crippen LogP contribution in [0.2, 0.25) is 0 Å². The van der Waals surface area contributed by atoms with Crippen molar-refractivity contribution in [2.24, 2.45) is 5.73 Å². The summed E-state index contributed by atoms with van der Waals surface area (Å²) in [5.74, 6) is 0.720. The standard InChI is InChI=1S/C24H27FN4O/c1-16-4-7-21-20(9-16)22(27-13-24(26)14-30-15-24)11-23(28-21)29-8-2-3-17-5-6-19(25)10-18(17)12-29/h4-7,9-11H,2-3,8,12-15,26H2,1H3,(H,27,28). The summed E-state index contributed by atoms with van der Waals surface area (Å²) in [7, 11) is 0. The molecule has 0 spiro atoms. The van der Waals surface area contributed by atoms with Gasteiger partial charge in [0.2, 0.25) is 0 Å². The number of nitrogens with one attached hydrogen (secondary N) is 1. The first-order chi connectivity index (χ1) is 14.5. The summed E-state index contributed by atoms with van der Waals surface area (Å²) in [5.41, 5.74) is 11.5. The average Bonchev–Trinajstić information content (AvgIpc) is 2.92. The van der Waals surface area contributed by atoms with E-state index in [9.17, 15) is 4.39 Å². The molecule has 2 aliphatic heterocycles. The minimum atomic E-state index is -0.321. The molecule has 3 heterocycles. The topological polar surface area (TPSA) is 63.4 Å². The van der Waals surface area contributed by atoms with E-state index in [0.717, 1.165) is 47.4 Å². The molecule has 6 heteroatoms. The van der Waals surface area contributed by atoms with Crippen LogP contribution in [-0.2, 0) is 17.7 Å². The molecule has 1 aromatic heterocycles. The second-order valence-electron chi connectivity index (χ2n) is 8.70. The fraction of sp³-hybridized carbons (Fsp3) is 0.375. The Kier molecular flexibility index (Phi) is 4.83. The van der Waals surface area contributed by atoms with Gasteiger partial charge in [0.05, 0.1) is 24.3 Å². The van der Waals surface area contributed by atoms with E-state index in [4.69, 9.17) is 15.5 Å². The van der Waals surface area contributed by atoms with E-state index in [1.807, 2.05) is 6.07 Å². The highest BCUT2D eigenvalue weighted by molar-refractivity contribution is 5.93. The minimum Gasteiger partial charge on any atom is -0.382 e. The van der Waals surface area contributed by atoms with Crippen molar-refractivity contribution < 1.29 is 9.13 Å². The highest BCUT2D eigenvalue weighted by Crippen LogP contribution is 2.31. The molecule has 3 N–H and O–H groups in total. The minimum absolute atomic E-state index is 0.184. The van der Waals surface area contributed by atoms with Gasteiger partial charge in [0.25, 0.3) is 0 Å². The second-order valence-corrected chi connectivity index (χ2v) is 8.70. The van der Waals surface area contributed by atoms with E-state index in [0.29, 0.717) is 26.3 Å². The van der Waals surface area contributed by atoms with Crippen LogP contribution < -0.4 is 16.0 Å². The Bertz CT molecular complexity index is 1100. The van der Waals surface area contributed by atoms with Crippen LogP contribution in [0.5, 0.6) is 0 Å². The number of nitrogens with two attached hydrogens (primary N) is 1. The summed E-state index contributed by atoms with van der Waals surface area (Å²) in [6.07, 6.45) is 1.97. The molecule has 5 nitrogen and oxygen atoms in total. The second kappa shape index (κ2) is 7.52. The van der Waals surface area contributed by atoms with Crippen molar-refractivity contribution in [3.05, 3.63) is 65.0 Å². The van der Waals surface area contributed by atoms with Crippen molar-refractivity contribution in [1.29, 1.82) is 0 Å². The molecule has 5 rings (SSSR count). The number of pyridine rings is 1. The number of rotatable bonds is 4. The normalized spacial score (nSPS) is 17.9. The van der Waals surface area contributed by atoms with Crippen LogP contribution in [0.4, 0.5) is 15.9 Å². The Balaban J connectivity index is 1.51. The Morgan fingerprint density at radius 3 is 2.83 bits per heavy atom. The number of aryl methyl sites for hydroxylation is 2. The summed E-state index contributed by atoms with van der Waals surface area (Å²) < 4.78 is 19.1. The maximum Gasteiger partial charge on any atom is 0.131 e. The van der Waals surface area contributed by atoms with Gasteiger partial charge < -0.3 is 20.7 Å². The molecule has 2 aliphatic rings. The average molecular weight is 407 g/mol. The van der Waals surface area contributed by atoms with Gasteiger partial charge in [0, 0.05) is 36.8 Å².